The van der Waals surface area contributed by atoms with Gasteiger partial charge in [0.2, 0.25) is 5.91 Å². The van der Waals surface area contributed by atoms with E-state index in [0.717, 1.165) is 25.9 Å². The maximum absolute atomic E-state index is 12.6. The molecule has 0 unspecified atom stereocenters. The van der Waals surface area contributed by atoms with Crippen molar-refractivity contribution in [1.82, 2.24) is 10.2 Å². The fraction of sp³-hybridized carbons (Fsp3) is 0.429. The number of carbonyl (C=O) groups is 4. The van der Waals surface area contributed by atoms with E-state index in [4.69, 9.17) is 19.7 Å². The number of allylic oxidation sites excluding steroid dienone is 1. The van der Waals surface area contributed by atoms with Gasteiger partial charge < -0.3 is 29.9 Å². The van der Waals surface area contributed by atoms with Gasteiger partial charge in [0.05, 0.1) is 6.54 Å². The molecule has 1 amide bonds. The molecule has 10 heteroatoms. The Morgan fingerprint density at radius 3 is 2.29 bits per heavy atom. The van der Waals surface area contributed by atoms with Crippen molar-refractivity contribution in [3.8, 4) is 11.5 Å². The highest BCUT2D eigenvalue weighted by Gasteiger charge is 2.17. The summed E-state index contributed by atoms with van der Waals surface area (Å²) >= 11 is 0. The van der Waals surface area contributed by atoms with Gasteiger partial charge in [0.15, 0.2) is 30.5 Å². The lowest BCUT2D eigenvalue weighted by atomic mass is 9.97. The first kappa shape index (κ1) is 23.9. The van der Waals surface area contributed by atoms with Crippen LogP contribution in [-0.2, 0) is 14.4 Å². The van der Waals surface area contributed by atoms with E-state index in [1.165, 1.54) is 36.2 Å². The van der Waals surface area contributed by atoms with Gasteiger partial charge in [0.1, 0.15) is 0 Å². The van der Waals surface area contributed by atoms with E-state index >= 15 is 0 Å². The molecule has 0 saturated carbocycles. The summed E-state index contributed by atoms with van der Waals surface area (Å²) in [6, 6.07) is 3.99. The normalized spacial score (nSPS) is 14.2. The minimum atomic E-state index is -1.24. The largest absolute Gasteiger partial charge is 0.479 e. The van der Waals surface area contributed by atoms with E-state index in [0.29, 0.717) is 5.92 Å². The number of hydrogen-bond donors (Lipinski definition) is 3. The zero-order chi connectivity index (χ0) is 22.8. The molecule has 1 heterocycles. The molecule has 1 aliphatic rings. The molecule has 1 aromatic rings. The Hall–Kier alpha value is -3.40. The number of ketones is 1. The standard InChI is InChI=1S/C21H26N2O8/c1-23(19(25)5-2-14-6-8-22-9-7-14)11-16(24)15-3-4-17(30-12-20(26)27)18(10-15)31-13-21(28)29/h2-5,10,14,22H,6-9,11-13H2,1H3,(H,26,27)(H,28,29)/i1-1. The zero-order valence-corrected chi connectivity index (χ0v) is 17.2. The molecule has 1 saturated heterocycles. The van der Waals surface area contributed by atoms with Gasteiger partial charge in [-0.25, -0.2) is 9.59 Å². The second-order valence-corrected chi connectivity index (χ2v) is 7.09. The van der Waals surface area contributed by atoms with E-state index in [9.17, 15) is 19.2 Å². The first-order valence-corrected chi connectivity index (χ1v) is 9.76. The van der Waals surface area contributed by atoms with Crippen molar-refractivity contribution < 1.29 is 38.9 Å². The van der Waals surface area contributed by atoms with Gasteiger partial charge >= 0.3 is 11.9 Å². The second-order valence-electron chi connectivity index (χ2n) is 7.09. The van der Waals surface area contributed by atoms with Crippen LogP contribution < -0.4 is 14.8 Å². The molecule has 1 aliphatic heterocycles. The van der Waals surface area contributed by atoms with E-state index in [2.05, 4.69) is 5.32 Å². The van der Waals surface area contributed by atoms with Crippen LogP contribution in [0.4, 0.5) is 0 Å². The number of amides is 1. The average Bonchev–Trinajstić information content (AvgIpc) is 2.75. The molecule has 2 rings (SSSR count). The van der Waals surface area contributed by atoms with Gasteiger partial charge in [-0.2, -0.15) is 0 Å². The van der Waals surface area contributed by atoms with Crippen molar-refractivity contribution >= 4 is 23.6 Å². The van der Waals surface area contributed by atoms with Crippen LogP contribution in [0.5, 0.6) is 11.5 Å². The number of nitrogens with one attached hydrogen (secondary N) is 1. The van der Waals surface area contributed by atoms with Crippen molar-refractivity contribution in [3.05, 3.63) is 35.9 Å². The van der Waals surface area contributed by atoms with Crippen LogP contribution in [-0.4, -0.2) is 78.6 Å². The van der Waals surface area contributed by atoms with Gasteiger partial charge in [-0.05, 0) is 56.1 Å². The number of rotatable bonds is 11. The molecule has 0 aromatic heterocycles. The van der Waals surface area contributed by atoms with Crippen LogP contribution in [0, 0.1) is 5.92 Å². The number of nitrogens with zero attached hydrogens (tertiary/aromatic N) is 1. The summed E-state index contributed by atoms with van der Waals surface area (Å²) in [5.41, 5.74) is 0.171. The summed E-state index contributed by atoms with van der Waals surface area (Å²) in [4.78, 5) is 47.7. The summed E-state index contributed by atoms with van der Waals surface area (Å²) in [6.07, 6.45) is 5.27. The van der Waals surface area contributed by atoms with Crippen LogP contribution in [0.15, 0.2) is 30.4 Å². The van der Waals surface area contributed by atoms with E-state index in [1.807, 2.05) is 6.08 Å². The summed E-state index contributed by atoms with van der Waals surface area (Å²) in [5, 5.41) is 20.8. The minimum absolute atomic E-state index is 0.00506. The number of aliphatic carboxylic acids is 2. The van der Waals surface area contributed by atoms with E-state index in [1.54, 1.807) is 0 Å². The van der Waals surface area contributed by atoms with Crippen molar-refractivity contribution in [2.75, 3.05) is 39.9 Å². The van der Waals surface area contributed by atoms with E-state index < -0.39 is 30.9 Å². The maximum atomic E-state index is 12.6. The Bertz CT molecular complexity index is 846. The number of ether oxygens (including phenoxy) is 2. The number of carbonyl (C=O) groups excluding carboxylic acids is 2. The monoisotopic (exact) mass is 433 g/mol. The summed E-state index contributed by atoms with van der Waals surface area (Å²) in [6.45, 7) is 0.285. The predicted molar refractivity (Wildman–Crippen MR) is 109 cm³/mol. The van der Waals surface area contributed by atoms with Gasteiger partial charge in [-0.3, -0.25) is 9.59 Å². The van der Waals surface area contributed by atoms with Crippen LogP contribution in [0.1, 0.15) is 23.2 Å². The first-order chi connectivity index (χ1) is 14.8. The Labute approximate surface area is 179 Å². The molecule has 0 radical (unpaired) electrons. The van der Waals surface area contributed by atoms with Gasteiger partial charge in [0, 0.05) is 12.6 Å². The molecule has 1 aromatic carbocycles. The molecule has 31 heavy (non-hydrogen) atoms. The second kappa shape index (κ2) is 11.7. The Kier molecular flexibility index (Phi) is 9.01. The number of hydrogen-bond acceptors (Lipinski definition) is 7. The highest BCUT2D eigenvalue weighted by molar-refractivity contribution is 6.01. The number of benzene rings is 1. The van der Waals surface area contributed by atoms with Gasteiger partial charge in [0.25, 0.3) is 0 Å². The van der Waals surface area contributed by atoms with Gasteiger partial charge in [-0.15, -0.1) is 0 Å². The highest BCUT2D eigenvalue weighted by Crippen LogP contribution is 2.29. The highest BCUT2D eigenvalue weighted by atomic mass is 16.5. The minimum Gasteiger partial charge on any atom is -0.479 e. The number of carboxylic acids is 2. The summed E-state index contributed by atoms with van der Waals surface area (Å²) in [7, 11) is 1.51. The van der Waals surface area contributed by atoms with Crippen molar-refractivity contribution in [3.63, 3.8) is 0 Å². The number of Topliss-reactive ketones (excluding diaryl/α,β-unsaturated/α-hetero) is 1. The molecular weight excluding hydrogens is 407 g/mol. The molecule has 3 N–H and O–H groups in total. The molecular formula is C21H26N2O8. The Morgan fingerprint density at radius 2 is 1.68 bits per heavy atom. The number of piperidine rings is 1. The van der Waals surface area contributed by atoms with Crippen LogP contribution in [0.25, 0.3) is 0 Å². The predicted octanol–water partition coefficient (Wildman–Crippen LogP) is 0.810. The molecule has 0 spiro atoms. The van der Waals surface area contributed by atoms with Gasteiger partial charge in [-0.1, -0.05) is 6.08 Å². The molecule has 0 aliphatic carbocycles. The quantitative estimate of drug-likeness (QED) is 0.341. The number of likely N-dealkylation sites (N-methyl/N-ethyl adjacent to an activating group) is 1. The molecule has 10 nitrogen and oxygen atoms in total. The molecule has 168 valence electrons. The summed E-state index contributed by atoms with van der Waals surface area (Å²) in [5.74, 6) is -2.90. The lowest BCUT2D eigenvalue weighted by Gasteiger charge is -2.20. The Balaban J connectivity index is 2.03. The Morgan fingerprint density at radius 1 is 1.06 bits per heavy atom. The molecule has 0 atom stereocenters. The lowest BCUT2D eigenvalue weighted by molar-refractivity contribution is -0.140. The van der Waals surface area contributed by atoms with Crippen LogP contribution in [0.3, 0.4) is 0 Å². The molecule has 1 fully saturated rings. The average molecular weight is 433 g/mol. The van der Waals surface area contributed by atoms with Crippen LogP contribution >= 0.6 is 0 Å². The van der Waals surface area contributed by atoms with Crippen LogP contribution in [0.2, 0.25) is 0 Å². The third-order valence-electron chi connectivity index (χ3n) is 4.62. The van der Waals surface area contributed by atoms with Crippen molar-refractivity contribution in [1.29, 1.82) is 0 Å². The number of carboxylic acid groups (broad SMARTS) is 2. The fourth-order valence-electron chi connectivity index (χ4n) is 2.96. The van der Waals surface area contributed by atoms with Crippen molar-refractivity contribution in [2.24, 2.45) is 5.92 Å². The van der Waals surface area contributed by atoms with Crippen molar-refractivity contribution in [2.45, 2.75) is 12.8 Å². The third kappa shape index (κ3) is 8.09. The topological polar surface area (TPSA) is 142 Å². The maximum Gasteiger partial charge on any atom is 0.341 e. The molecule has 0 bridgehead atoms. The first-order valence-electron chi connectivity index (χ1n) is 9.76. The summed E-state index contributed by atoms with van der Waals surface area (Å²) < 4.78 is 10.2. The lowest BCUT2D eigenvalue weighted by Crippen LogP contribution is -2.31. The fourth-order valence-corrected chi connectivity index (χ4v) is 2.96. The zero-order valence-electron chi connectivity index (χ0n) is 17.2. The third-order valence-corrected chi connectivity index (χ3v) is 4.62. The SMILES string of the molecule is [11CH3]N(CC(=O)c1ccc(OCC(=O)O)c(OCC(=O)O)c1)C(=O)C=CC1CCNCC1. The van der Waals surface area contributed by atoms with E-state index in [-0.39, 0.29) is 29.5 Å². The smallest absolute Gasteiger partial charge is 0.341 e.